The molecule has 0 unspecified atom stereocenters. The lowest BCUT2D eigenvalue weighted by Gasteiger charge is -2.26. The van der Waals surface area contributed by atoms with Gasteiger partial charge in [0, 0.05) is 30.6 Å². The average Bonchev–Trinajstić information content (AvgIpc) is 3.22. The second kappa shape index (κ2) is 7.81. The maximum Gasteiger partial charge on any atom is 0.250 e. The predicted octanol–water partition coefficient (Wildman–Crippen LogP) is 2.72. The number of anilines is 1. The first-order valence-electron chi connectivity index (χ1n) is 10.2. The molecule has 0 saturated heterocycles. The zero-order valence-corrected chi connectivity index (χ0v) is 17.2. The number of amides is 1. The largest absolute Gasteiger partial charge is 0.366 e. The van der Waals surface area contributed by atoms with Crippen LogP contribution in [0.15, 0.2) is 48.5 Å². The number of carbonyl (C=O) groups is 1. The Balaban J connectivity index is 1.59. The second-order valence-electron chi connectivity index (χ2n) is 7.81. The number of primary amides is 1. The number of nitrogens with two attached hydrogens (primary N) is 1. The second-order valence-corrected chi connectivity index (χ2v) is 7.81. The van der Waals surface area contributed by atoms with E-state index in [-0.39, 0.29) is 0 Å². The van der Waals surface area contributed by atoms with Gasteiger partial charge in [-0.25, -0.2) is 9.97 Å². The standard InChI is InChI=1S/C23H23N7O/c1-30-11-10-15-18(13-30)26-23(27-22(15)25-12-14-6-3-2-4-7-14)20-16-8-5-9-17(21(24)31)19(16)28-29-20/h2-9H,10-13H2,1H3,(H2,24,31)(H,28,29)(H,25,26,27). The number of nitrogens with one attached hydrogen (secondary N) is 2. The van der Waals surface area contributed by atoms with Crippen molar-refractivity contribution in [1.82, 2.24) is 25.1 Å². The van der Waals surface area contributed by atoms with E-state index < -0.39 is 5.91 Å². The Bertz CT molecular complexity index is 1270. The van der Waals surface area contributed by atoms with Crippen LogP contribution in [-0.4, -0.2) is 44.6 Å². The Kier molecular flexibility index (Phi) is 4.83. The maximum atomic E-state index is 11.8. The molecule has 1 aliphatic rings. The van der Waals surface area contributed by atoms with Crippen molar-refractivity contribution in [3.8, 4) is 11.5 Å². The van der Waals surface area contributed by atoms with Crippen LogP contribution in [0.1, 0.15) is 27.2 Å². The fraction of sp³-hybridized carbons (Fsp3) is 0.217. The minimum atomic E-state index is -0.501. The molecule has 3 heterocycles. The molecule has 8 nitrogen and oxygen atoms in total. The molecule has 8 heteroatoms. The number of H-pyrrole nitrogens is 1. The Morgan fingerprint density at radius 1 is 1.16 bits per heavy atom. The normalized spacial score (nSPS) is 13.8. The van der Waals surface area contributed by atoms with Crippen molar-refractivity contribution in [3.63, 3.8) is 0 Å². The summed E-state index contributed by atoms with van der Waals surface area (Å²) in [5.41, 5.74) is 10.5. The van der Waals surface area contributed by atoms with E-state index in [1.54, 1.807) is 12.1 Å². The summed E-state index contributed by atoms with van der Waals surface area (Å²) < 4.78 is 0. The van der Waals surface area contributed by atoms with Gasteiger partial charge in [-0.05, 0) is 25.1 Å². The molecule has 0 radical (unpaired) electrons. The van der Waals surface area contributed by atoms with Crippen LogP contribution in [0.25, 0.3) is 22.4 Å². The maximum absolute atomic E-state index is 11.8. The molecule has 0 aliphatic carbocycles. The quantitative estimate of drug-likeness (QED) is 0.464. The number of benzene rings is 2. The van der Waals surface area contributed by atoms with Gasteiger partial charge in [0.1, 0.15) is 11.5 Å². The molecule has 0 saturated carbocycles. The van der Waals surface area contributed by atoms with Crippen LogP contribution in [-0.2, 0) is 19.5 Å². The highest BCUT2D eigenvalue weighted by Gasteiger charge is 2.23. The number of hydrogen-bond acceptors (Lipinski definition) is 6. The molecule has 2 aromatic carbocycles. The summed E-state index contributed by atoms with van der Waals surface area (Å²) in [4.78, 5) is 23.7. The molecule has 0 bridgehead atoms. The van der Waals surface area contributed by atoms with Gasteiger partial charge in [0.05, 0.1) is 16.8 Å². The van der Waals surface area contributed by atoms with Crippen molar-refractivity contribution in [2.75, 3.05) is 18.9 Å². The molecular weight excluding hydrogens is 390 g/mol. The third-order valence-electron chi connectivity index (χ3n) is 5.64. The minimum absolute atomic E-state index is 0.399. The van der Waals surface area contributed by atoms with Gasteiger partial charge >= 0.3 is 0 Å². The summed E-state index contributed by atoms with van der Waals surface area (Å²) in [7, 11) is 2.09. The summed E-state index contributed by atoms with van der Waals surface area (Å²) in [6.07, 6.45) is 0.885. The lowest BCUT2D eigenvalue weighted by molar-refractivity contribution is 0.100. The van der Waals surface area contributed by atoms with Gasteiger partial charge in [0.2, 0.25) is 0 Å². The fourth-order valence-electron chi connectivity index (χ4n) is 4.01. The molecule has 31 heavy (non-hydrogen) atoms. The number of hydrogen-bond donors (Lipinski definition) is 3. The summed E-state index contributed by atoms with van der Waals surface area (Å²) >= 11 is 0. The van der Waals surface area contributed by atoms with Crippen molar-refractivity contribution in [2.45, 2.75) is 19.5 Å². The van der Waals surface area contributed by atoms with Crippen LogP contribution < -0.4 is 11.1 Å². The van der Waals surface area contributed by atoms with E-state index in [9.17, 15) is 4.79 Å². The number of fused-ring (bicyclic) bond motifs is 2. The van der Waals surface area contributed by atoms with Crippen LogP contribution in [0.2, 0.25) is 0 Å². The summed E-state index contributed by atoms with van der Waals surface area (Å²) in [6.45, 7) is 2.38. The summed E-state index contributed by atoms with van der Waals surface area (Å²) in [5, 5.41) is 11.7. The number of aromatic amines is 1. The van der Waals surface area contributed by atoms with E-state index in [1.165, 1.54) is 5.56 Å². The van der Waals surface area contributed by atoms with Crippen molar-refractivity contribution >= 4 is 22.6 Å². The molecule has 5 rings (SSSR count). The lowest BCUT2D eigenvalue weighted by Crippen LogP contribution is -2.29. The van der Waals surface area contributed by atoms with Gasteiger partial charge in [0.15, 0.2) is 5.82 Å². The molecule has 156 valence electrons. The Morgan fingerprint density at radius 3 is 2.81 bits per heavy atom. The number of aromatic nitrogens is 4. The Labute approximate surface area is 179 Å². The van der Waals surface area contributed by atoms with Crippen LogP contribution in [0.4, 0.5) is 5.82 Å². The smallest absolute Gasteiger partial charge is 0.250 e. The van der Waals surface area contributed by atoms with E-state index >= 15 is 0 Å². The number of rotatable bonds is 5. The molecule has 0 fully saturated rings. The molecule has 0 spiro atoms. The minimum Gasteiger partial charge on any atom is -0.366 e. The van der Waals surface area contributed by atoms with E-state index in [4.69, 9.17) is 15.7 Å². The van der Waals surface area contributed by atoms with Gasteiger partial charge in [0.25, 0.3) is 5.91 Å². The Morgan fingerprint density at radius 2 is 2.00 bits per heavy atom. The van der Waals surface area contributed by atoms with E-state index in [0.29, 0.717) is 29.1 Å². The lowest BCUT2D eigenvalue weighted by atomic mass is 10.0. The van der Waals surface area contributed by atoms with Crippen LogP contribution in [0.3, 0.4) is 0 Å². The number of nitrogens with zero attached hydrogens (tertiary/aromatic N) is 4. The van der Waals surface area contributed by atoms with Gasteiger partial charge in [-0.3, -0.25) is 9.89 Å². The van der Waals surface area contributed by atoms with Gasteiger partial charge < -0.3 is 16.0 Å². The van der Waals surface area contributed by atoms with Gasteiger partial charge in [-0.2, -0.15) is 5.10 Å². The highest BCUT2D eigenvalue weighted by molar-refractivity contribution is 6.07. The van der Waals surface area contributed by atoms with E-state index in [0.717, 1.165) is 42.0 Å². The molecule has 2 aromatic heterocycles. The highest BCUT2D eigenvalue weighted by atomic mass is 16.1. The van der Waals surface area contributed by atoms with Crippen molar-refractivity contribution in [3.05, 3.63) is 70.9 Å². The first-order chi connectivity index (χ1) is 15.1. The molecular formula is C23H23N7O. The predicted molar refractivity (Wildman–Crippen MR) is 119 cm³/mol. The third kappa shape index (κ3) is 3.62. The summed E-state index contributed by atoms with van der Waals surface area (Å²) in [6, 6.07) is 15.6. The van der Waals surface area contributed by atoms with Crippen molar-refractivity contribution < 1.29 is 4.79 Å². The van der Waals surface area contributed by atoms with E-state index in [1.807, 2.05) is 24.3 Å². The summed E-state index contributed by atoms with van der Waals surface area (Å²) in [5.74, 6) is 0.857. The first-order valence-corrected chi connectivity index (χ1v) is 10.2. The molecule has 4 N–H and O–H groups in total. The number of likely N-dealkylation sites (N-methyl/N-ethyl adjacent to an activating group) is 1. The van der Waals surface area contributed by atoms with Crippen molar-refractivity contribution in [2.24, 2.45) is 5.73 Å². The van der Waals surface area contributed by atoms with Crippen LogP contribution in [0.5, 0.6) is 0 Å². The molecule has 0 atom stereocenters. The van der Waals surface area contributed by atoms with Crippen LogP contribution in [0, 0.1) is 0 Å². The number of para-hydroxylation sites is 1. The zero-order valence-electron chi connectivity index (χ0n) is 17.2. The SMILES string of the molecule is CN1CCc2c(nc(-c3n[nH]c4c(C(N)=O)cccc34)nc2NCc2ccccc2)C1. The van der Waals surface area contributed by atoms with E-state index in [2.05, 4.69) is 39.6 Å². The third-order valence-corrected chi connectivity index (χ3v) is 5.64. The van der Waals surface area contributed by atoms with Crippen LogP contribution >= 0.6 is 0 Å². The number of carbonyl (C=O) groups excluding carboxylic acids is 1. The molecule has 1 amide bonds. The fourth-order valence-corrected chi connectivity index (χ4v) is 4.01. The molecule has 4 aromatic rings. The van der Waals surface area contributed by atoms with Crippen molar-refractivity contribution in [1.29, 1.82) is 0 Å². The van der Waals surface area contributed by atoms with Gasteiger partial charge in [-0.15, -0.1) is 0 Å². The molecule has 1 aliphatic heterocycles. The van der Waals surface area contributed by atoms with Gasteiger partial charge in [-0.1, -0.05) is 42.5 Å². The zero-order chi connectivity index (χ0) is 21.4. The average molecular weight is 413 g/mol. The monoisotopic (exact) mass is 413 g/mol. The first kappa shape index (κ1) is 19.2. The highest BCUT2D eigenvalue weighted by Crippen LogP contribution is 2.30. The Hall–Kier alpha value is -3.78. The topological polar surface area (TPSA) is 113 Å².